The van der Waals surface area contributed by atoms with Crippen LogP contribution >= 0.6 is 0 Å². The van der Waals surface area contributed by atoms with Gasteiger partial charge in [0.25, 0.3) is 0 Å². The summed E-state index contributed by atoms with van der Waals surface area (Å²) in [6, 6.07) is 6.02. The van der Waals surface area contributed by atoms with Crippen molar-refractivity contribution in [2.24, 2.45) is 5.92 Å². The smallest absolute Gasteiger partial charge is 0.242 e. The average Bonchev–Trinajstić information content (AvgIpc) is 3.45. The van der Waals surface area contributed by atoms with Crippen molar-refractivity contribution in [3.05, 3.63) is 36.3 Å². The van der Waals surface area contributed by atoms with E-state index in [9.17, 15) is 14.4 Å². The second-order valence-electron chi connectivity index (χ2n) is 7.32. The number of amides is 3. The van der Waals surface area contributed by atoms with Gasteiger partial charge in [-0.25, -0.2) is 0 Å². The molecule has 3 rings (SSSR count). The average molecular weight is 445 g/mol. The molecule has 1 aromatic carbocycles. The lowest BCUT2D eigenvalue weighted by atomic mass is 10.1. The number of furan rings is 1. The van der Waals surface area contributed by atoms with Crippen molar-refractivity contribution in [2.45, 2.75) is 25.9 Å². The number of hydrogen-bond acceptors (Lipinski definition) is 7. The van der Waals surface area contributed by atoms with Crippen LogP contribution in [0.1, 0.15) is 19.1 Å². The van der Waals surface area contributed by atoms with E-state index in [-0.39, 0.29) is 37.2 Å². The largest absolute Gasteiger partial charge is 0.493 e. The van der Waals surface area contributed by atoms with Gasteiger partial charge in [0, 0.05) is 25.1 Å². The van der Waals surface area contributed by atoms with Crippen molar-refractivity contribution in [3.8, 4) is 17.2 Å². The van der Waals surface area contributed by atoms with E-state index in [1.54, 1.807) is 31.2 Å². The third-order valence-electron chi connectivity index (χ3n) is 5.23. The zero-order valence-electron chi connectivity index (χ0n) is 18.5. The van der Waals surface area contributed by atoms with Crippen molar-refractivity contribution in [3.63, 3.8) is 0 Å². The molecule has 0 aliphatic carbocycles. The minimum absolute atomic E-state index is 0.0310. The standard InChI is InChI=1S/C22H27N3O7/c1-13(21(27)23-11-16-6-5-7-32-16)24-22(28)14-8-19(26)25(12-14)15-9-17(29-2)20(31-4)18(10-15)30-3/h5-7,9-10,13-14H,8,11-12H2,1-4H3,(H,23,27)(H,24,28)/t13-,14+/m0/s1. The van der Waals surface area contributed by atoms with E-state index in [1.807, 2.05) is 0 Å². The minimum Gasteiger partial charge on any atom is -0.493 e. The molecule has 1 fully saturated rings. The lowest BCUT2D eigenvalue weighted by Crippen LogP contribution is -2.46. The number of hydrogen-bond donors (Lipinski definition) is 2. The molecular formula is C22H27N3O7. The van der Waals surface area contributed by atoms with E-state index in [0.717, 1.165) is 0 Å². The molecule has 10 nitrogen and oxygen atoms in total. The summed E-state index contributed by atoms with van der Waals surface area (Å²) in [5.74, 6) is 0.313. The number of nitrogens with zero attached hydrogens (tertiary/aromatic N) is 1. The second kappa shape index (κ2) is 10.1. The number of nitrogens with one attached hydrogen (secondary N) is 2. The van der Waals surface area contributed by atoms with Crippen LogP contribution in [0.3, 0.4) is 0 Å². The van der Waals surface area contributed by atoms with Crippen molar-refractivity contribution >= 4 is 23.4 Å². The number of carbonyl (C=O) groups is 3. The van der Waals surface area contributed by atoms with Crippen LogP contribution in [-0.4, -0.2) is 51.6 Å². The van der Waals surface area contributed by atoms with Crippen LogP contribution in [0.5, 0.6) is 17.2 Å². The van der Waals surface area contributed by atoms with Gasteiger partial charge in [-0.2, -0.15) is 0 Å². The summed E-state index contributed by atoms with van der Waals surface area (Å²) in [6.07, 6.45) is 1.55. The zero-order chi connectivity index (χ0) is 23.3. The first-order valence-electron chi connectivity index (χ1n) is 10.1. The molecule has 1 saturated heterocycles. The molecule has 0 radical (unpaired) electrons. The fraction of sp³-hybridized carbons (Fsp3) is 0.409. The first-order valence-corrected chi connectivity index (χ1v) is 10.1. The van der Waals surface area contributed by atoms with Crippen LogP contribution in [0, 0.1) is 5.92 Å². The molecule has 2 N–H and O–H groups in total. The highest BCUT2D eigenvalue weighted by molar-refractivity contribution is 6.01. The molecule has 0 spiro atoms. The normalized spacial score (nSPS) is 16.4. The van der Waals surface area contributed by atoms with Gasteiger partial charge in [-0.3, -0.25) is 14.4 Å². The highest BCUT2D eigenvalue weighted by Gasteiger charge is 2.36. The summed E-state index contributed by atoms with van der Waals surface area (Å²) in [5, 5.41) is 5.37. The molecular weight excluding hydrogens is 418 g/mol. The molecule has 10 heteroatoms. The number of methoxy groups -OCH3 is 3. The number of ether oxygens (including phenoxy) is 3. The van der Waals surface area contributed by atoms with Gasteiger partial charge < -0.3 is 34.2 Å². The molecule has 1 aromatic heterocycles. The van der Waals surface area contributed by atoms with Crippen LogP contribution < -0.4 is 29.7 Å². The molecule has 3 amide bonds. The Morgan fingerprint density at radius 2 is 1.88 bits per heavy atom. The number of rotatable bonds is 9. The van der Waals surface area contributed by atoms with E-state index < -0.39 is 12.0 Å². The molecule has 1 aliphatic rings. The van der Waals surface area contributed by atoms with Gasteiger partial charge in [-0.05, 0) is 19.1 Å². The third-order valence-corrected chi connectivity index (χ3v) is 5.23. The predicted molar refractivity (Wildman–Crippen MR) is 115 cm³/mol. The Morgan fingerprint density at radius 1 is 1.19 bits per heavy atom. The number of benzene rings is 1. The monoisotopic (exact) mass is 445 g/mol. The van der Waals surface area contributed by atoms with Crippen molar-refractivity contribution in [1.29, 1.82) is 0 Å². The molecule has 1 aliphatic heterocycles. The van der Waals surface area contributed by atoms with Crippen LogP contribution in [0.2, 0.25) is 0 Å². The first kappa shape index (κ1) is 23.0. The SMILES string of the molecule is COc1cc(N2C[C@H](C(=O)N[C@@H](C)C(=O)NCc3ccco3)CC2=O)cc(OC)c1OC. The molecule has 2 atom stereocenters. The van der Waals surface area contributed by atoms with Gasteiger partial charge >= 0.3 is 0 Å². The highest BCUT2D eigenvalue weighted by atomic mass is 16.5. The van der Waals surface area contributed by atoms with Crippen LogP contribution in [0.4, 0.5) is 5.69 Å². The van der Waals surface area contributed by atoms with E-state index in [0.29, 0.717) is 28.7 Å². The molecule has 0 saturated carbocycles. The Balaban J connectivity index is 1.63. The predicted octanol–water partition coefficient (Wildman–Crippen LogP) is 1.48. The lowest BCUT2D eigenvalue weighted by Gasteiger charge is -2.21. The molecule has 0 bridgehead atoms. The Morgan fingerprint density at radius 3 is 2.44 bits per heavy atom. The topological polar surface area (TPSA) is 119 Å². The van der Waals surface area contributed by atoms with Gasteiger partial charge in [-0.1, -0.05) is 0 Å². The zero-order valence-corrected chi connectivity index (χ0v) is 18.5. The van der Waals surface area contributed by atoms with Crippen molar-refractivity contribution < 1.29 is 33.0 Å². The molecule has 172 valence electrons. The molecule has 32 heavy (non-hydrogen) atoms. The van der Waals surface area contributed by atoms with Gasteiger partial charge in [0.15, 0.2) is 11.5 Å². The Labute approximate surface area is 185 Å². The van der Waals surface area contributed by atoms with Gasteiger partial charge in [0.05, 0.1) is 45.7 Å². The van der Waals surface area contributed by atoms with Crippen LogP contribution in [0.25, 0.3) is 0 Å². The summed E-state index contributed by atoms with van der Waals surface area (Å²) in [5.41, 5.74) is 0.532. The van der Waals surface area contributed by atoms with Crippen LogP contribution in [-0.2, 0) is 20.9 Å². The maximum Gasteiger partial charge on any atom is 0.242 e. The molecule has 2 aromatic rings. The fourth-order valence-corrected chi connectivity index (χ4v) is 3.49. The van der Waals surface area contributed by atoms with E-state index >= 15 is 0 Å². The van der Waals surface area contributed by atoms with Crippen LogP contribution in [0.15, 0.2) is 34.9 Å². The Hall–Kier alpha value is -3.69. The maximum atomic E-state index is 12.7. The van der Waals surface area contributed by atoms with Crippen molar-refractivity contribution in [2.75, 3.05) is 32.8 Å². The second-order valence-corrected chi connectivity index (χ2v) is 7.32. The Bertz CT molecular complexity index is 949. The quantitative estimate of drug-likeness (QED) is 0.600. The summed E-state index contributed by atoms with van der Waals surface area (Å²) in [6.45, 7) is 1.98. The fourth-order valence-electron chi connectivity index (χ4n) is 3.49. The minimum atomic E-state index is -0.761. The Kier molecular flexibility index (Phi) is 7.24. The summed E-state index contributed by atoms with van der Waals surface area (Å²) < 4.78 is 21.2. The lowest BCUT2D eigenvalue weighted by molar-refractivity contribution is -0.131. The summed E-state index contributed by atoms with van der Waals surface area (Å²) >= 11 is 0. The maximum absolute atomic E-state index is 12.7. The number of anilines is 1. The molecule has 0 unspecified atom stereocenters. The van der Waals surface area contributed by atoms with Gasteiger partial charge in [0.2, 0.25) is 23.5 Å². The van der Waals surface area contributed by atoms with Crippen molar-refractivity contribution in [1.82, 2.24) is 10.6 Å². The summed E-state index contributed by atoms with van der Waals surface area (Å²) in [4.78, 5) is 39.1. The van der Waals surface area contributed by atoms with E-state index in [1.165, 1.54) is 32.5 Å². The third kappa shape index (κ3) is 4.96. The van der Waals surface area contributed by atoms with E-state index in [2.05, 4.69) is 10.6 Å². The van der Waals surface area contributed by atoms with Gasteiger partial charge in [-0.15, -0.1) is 0 Å². The highest BCUT2D eigenvalue weighted by Crippen LogP contribution is 2.42. The number of carbonyl (C=O) groups excluding carboxylic acids is 3. The first-order chi connectivity index (χ1) is 15.4. The van der Waals surface area contributed by atoms with Gasteiger partial charge in [0.1, 0.15) is 11.8 Å². The van der Waals surface area contributed by atoms with E-state index in [4.69, 9.17) is 18.6 Å². The molecule has 2 heterocycles. The summed E-state index contributed by atoms with van der Waals surface area (Å²) in [7, 11) is 4.47.